The van der Waals surface area contributed by atoms with E-state index in [4.69, 9.17) is 4.98 Å². The molecule has 4 aromatic carbocycles. The number of hydrogen-bond donors (Lipinski definition) is 6. The Labute approximate surface area is 452 Å². The first kappa shape index (κ1) is 57.3. The van der Waals surface area contributed by atoms with Gasteiger partial charge in [-0.1, -0.05) is 91.9 Å². The molecule has 3 aliphatic rings. The normalized spacial score (nSPS) is 18.0. The third-order valence-electron chi connectivity index (χ3n) is 14.7. The van der Waals surface area contributed by atoms with E-state index < -0.39 is 18.1 Å². The van der Waals surface area contributed by atoms with E-state index in [0.29, 0.717) is 57.7 Å². The predicted molar refractivity (Wildman–Crippen MR) is 301 cm³/mol. The second kappa shape index (κ2) is 28.1. The lowest BCUT2D eigenvalue weighted by Crippen LogP contribution is -2.60. The maximum atomic E-state index is 14.6. The van der Waals surface area contributed by atoms with Gasteiger partial charge in [-0.3, -0.25) is 28.8 Å². The van der Waals surface area contributed by atoms with Crippen LogP contribution >= 0.6 is 0 Å². The Kier molecular flexibility index (Phi) is 20.9. The number of nitrogens with one attached hydrogen (secondary N) is 6. The Morgan fingerprint density at radius 3 is 2.03 bits per heavy atom. The topological polar surface area (TPSA) is 221 Å². The van der Waals surface area contributed by atoms with Gasteiger partial charge in [0.2, 0.25) is 35.4 Å². The molecule has 9 rings (SSSR count). The van der Waals surface area contributed by atoms with E-state index in [1.165, 1.54) is 11.1 Å². The first-order valence-corrected chi connectivity index (χ1v) is 27.4. The zero-order valence-electron chi connectivity index (χ0n) is 45.6. The maximum Gasteiger partial charge on any atom is 0.247 e. The number of benzene rings is 4. The first-order chi connectivity index (χ1) is 37.4. The lowest BCUT2D eigenvalue weighted by atomic mass is 10.0. The van der Waals surface area contributed by atoms with Gasteiger partial charge in [-0.2, -0.15) is 0 Å². The van der Waals surface area contributed by atoms with Gasteiger partial charge in [0.25, 0.3) is 0 Å². The van der Waals surface area contributed by atoms with Crippen molar-refractivity contribution < 1.29 is 28.8 Å². The summed E-state index contributed by atoms with van der Waals surface area (Å²) in [5.41, 5.74) is 8.26. The molecule has 0 radical (unpaired) electrons. The molecule has 6 amide bonds. The molecule has 2 aromatic heterocycles. The lowest BCUT2D eigenvalue weighted by Gasteiger charge is -2.39. The number of likely N-dealkylation sites (tertiary alicyclic amines) is 1. The van der Waals surface area contributed by atoms with Crippen LogP contribution in [0.25, 0.3) is 44.3 Å². The number of likely N-dealkylation sites (N-methyl/N-ethyl adjacent to an activating group) is 2. The molecule has 3 aliphatic heterocycles. The van der Waals surface area contributed by atoms with Crippen molar-refractivity contribution in [2.75, 3.05) is 60.4 Å². The van der Waals surface area contributed by atoms with E-state index >= 15 is 0 Å². The van der Waals surface area contributed by atoms with Crippen LogP contribution in [0.15, 0.2) is 103 Å². The van der Waals surface area contributed by atoms with E-state index in [9.17, 15) is 28.8 Å². The lowest BCUT2D eigenvalue weighted by molar-refractivity contribution is -0.144. The van der Waals surface area contributed by atoms with Gasteiger partial charge >= 0.3 is 0 Å². The van der Waals surface area contributed by atoms with E-state index in [1.54, 1.807) is 41.9 Å². The van der Waals surface area contributed by atoms with Crippen LogP contribution < -0.4 is 21.3 Å². The van der Waals surface area contributed by atoms with Crippen LogP contribution in [-0.4, -0.2) is 160 Å². The molecule has 6 N–H and O–H groups in total. The zero-order valence-corrected chi connectivity index (χ0v) is 45.6. The first-order valence-electron chi connectivity index (χ1n) is 27.4. The number of aromatic nitrogens is 4. The highest BCUT2D eigenvalue weighted by Crippen LogP contribution is 2.39. The van der Waals surface area contributed by atoms with E-state index in [1.807, 2.05) is 92.6 Å². The Bertz CT molecular complexity index is 2900. The molecule has 3 fully saturated rings. The number of hydrogen-bond acceptors (Lipinski definition) is 10. The average molecular weight is 1050 g/mol. The molecule has 0 saturated carbocycles. The number of amides is 6. The quantitative estimate of drug-likeness (QED) is 0.0539. The summed E-state index contributed by atoms with van der Waals surface area (Å²) in [6.45, 7) is 7.54. The fraction of sp³-hybridized carbons (Fsp3) is 0.458. The molecule has 18 heteroatoms. The molecular formula is C59H78N12O6. The molecule has 0 spiro atoms. The van der Waals surface area contributed by atoms with Crippen LogP contribution in [0, 0.1) is 0 Å². The number of imidazole rings is 2. The van der Waals surface area contributed by atoms with Crippen LogP contribution in [0.2, 0.25) is 0 Å². The van der Waals surface area contributed by atoms with Gasteiger partial charge in [0.15, 0.2) is 0 Å². The summed E-state index contributed by atoms with van der Waals surface area (Å²) in [5, 5.41) is 11.5. The molecule has 4 unspecified atom stereocenters. The molecule has 6 aromatic rings. The van der Waals surface area contributed by atoms with Gasteiger partial charge in [-0.05, 0) is 103 Å². The standard InChI is InChI=1S/C44H61N9O6.C13H10N2.C2H7N/c1-5-37(54)46-34(43(58)51-24-12-13-25-51)27-50(6-2)38(55)19-10-11-20-39(56)52-26-23-31-21-22-36(53(31)44(59)35(28-52)48-42(57)29(3)45-4)41-47-33-18-14-17-32(40(33)49-41)30-15-8-7-9-16-30;1-2-5-10(6-3-1)11-7-4-8-12-13(11)15-9-14-12;1-3-2/h7-9,14-18,29,31,34-36,45H,5-6,10-13,19-28H2,1-4H3,(H,46,54)(H,47,49)(H,48,57);1-9H,(H,14,15);3H,1-2H3/t29?,31?,34-,35?,36?;;/m0../s1. The third-order valence-corrected chi connectivity index (χ3v) is 14.7. The number of H-pyrrole nitrogens is 2. The average Bonchev–Trinajstić information content (AvgIpc) is 4.33. The molecular weight excluding hydrogens is 973 g/mol. The molecule has 0 aliphatic carbocycles. The molecule has 5 heterocycles. The SMILES string of the molecule is CCC(=O)N[C@@H](CN(CC)C(=O)CCCCC(=O)N1CCC2CCC(c3nc4c(-c5ccccc5)cccc4[nH]3)N2C(=O)C(NC(=O)C(C)NC)C1)C(=O)N1CCCC1.CNC.c1ccc(-c2cccc3[nH]cnc23)cc1. The second-order valence-corrected chi connectivity index (χ2v) is 20.0. The molecule has 5 atom stereocenters. The number of rotatable bonds is 17. The number of nitrogens with zero attached hydrogens (tertiary/aromatic N) is 6. The minimum atomic E-state index is -0.959. The summed E-state index contributed by atoms with van der Waals surface area (Å²) in [4.78, 5) is 104. The van der Waals surface area contributed by atoms with Crippen molar-refractivity contribution in [3.63, 3.8) is 0 Å². The van der Waals surface area contributed by atoms with Gasteiger partial charge in [0.05, 0.1) is 40.5 Å². The Hall–Kier alpha value is -7.44. The van der Waals surface area contributed by atoms with Crippen LogP contribution in [0.5, 0.6) is 0 Å². The summed E-state index contributed by atoms with van der Waals surface area (Å²) in [6.07, 6.45) is 7.13. The highest BCUT2D eigenvalue weighted by Gasteiger charge is 2.44. The Morgan fingerprint density at radius 2 is 1.39 bits per heavy atom. The van der Waals surface area contributed by atoms with E-state index in [0.717, 1.165) is 52.5 Å². The number of unbranched alkanes of at least 4 members (excludes halogenated alkanes) is 1. The monoisotopic (exact) mass is 1050 g/mol. The fourth-order valence-corrected chi connectivity index (χ4v) is 10.4. The van der Waals surface area contributed by atoms with Gasteiger partial charge in [0.1, 0.15) is 17.9 Å². The van der Waals surface area contributed by atoms with Crippen molar-refractivity contribution in [2.45, 2.75) is 115 Å². The molecule has 18 nitrogen and oxygen atoms in total. The Morgan fingerprint density at radius 1 is 0.753 bits per heavy atom. The number of para-hydroxylation sites is 2. The highest BCUT2D eigenvalue weighted by atomic mass is 16.2. The summed E-state index contributed by atoms with van der Waals surface area (Å²) in [6, 6.07) is 29.8. The van der Waals surface area contributed by atoms with Crippen molar-refractivity contribution in [3.8, 4) is 22.3 Å². The minimum Gasteiger partial charge on any atom is -0.345 e. The summed E-state index contributed by atoms with van der Waals surface area (Å²) in [7, 11) is 5.43. The van der Waals surface area contributed by atoms with Crippen LogP contribution in [0.3, 0.4) is 0 Å². The smallest absolute Gasteiger partial charge is 0.247 e. The third kappa shape index (κ3) is 14.5. The fourth-order valence-electron chi connectivity index (χ4n) is 10.4. The predicted octanol–water partition coefficient (Wildman–Crippen LogP) is 6.58. The maximum absolute atomic E-state index is 14.6. The number of carbonyl (C=O) groups is 6. The zero-order chi connectivity index (χ0) is 54.8. The summed E-state index contributed by atoms with van der Waals surface area (Å²) < 4.78 is 0. The largest absolute Gasteiger partial charge is 0.345 e. The minimum absolute atomic E-state index is 0.0343. The molecule has 77 heavy (non-hydrogen) atoms. The van der Waals surface area contributed by atoms with Gasteiger partial charge in [0, 0.05) is 75.7 Å². The number of aromatic amines is 2. The van der Waals surface area contributed by atoms with Crippen LogP contribution in [0.1, 0.15) is 96.8 Å². The molecule has 410 valence electrons. The summed E-state index contributed by atoms with van der Waals surface area (Å²) in [5.74, 6) is -0.538. The molecule has 0 bridgehead atoms. The highest BCUT2D eigenvalue weighted by molar-refractivity contribution is 5.94. The molecule has 3 saturated heterocycles. The summed E-state index contributed by atoms with van der Waals surface area (Å²) >= 11 is 0. The van der Waals surface area contributed by atoms with E-state index in [2.05, 4.69) is 66.6 Å². The number of fused-ring (bicyclic) bond motifs is 3. The van der Waals surface area contributed by atoms with Gasteiger partial charge in [-0.15, -0.1) is 0 Å². The Balaban J connectivity index is 0.000000400. The second-order valence-electron chi connectivity index (χ2n) is 20.0. The van der Waals surface area contributed by atoms with E-state index in [-0.39, 0.29) is 79.9 Å². The van der Waals surface area contributed by atoms with Crippen LogP contribution in [0.4, 0.5) is 0 Å². The van der Waals surface area contributed by atoms with Crippen molar-refractivity contribution in [3.05, 3.63) is 109 Å². The van der Waals surface area contributed by atoms with Crippen molar-refractivity contribution in [2.24, 2.45) is 0 Å². The van der Waals surface area contributed by atoms with Crippen molar-refractivity contribution in [1.29, 1.82) is 0 Å². The van der Waals surface area contributed by atoms with Gasteiger partial charge < -0.3 is 50.8 Å². The van der Waals surface area contributed by atoms with Gasteiger partial charge in [-0.25, -0.2) is 9.97 Å². The number of carbonyl (C=O) groups excluding carboxylic acids is 6. The van der Waals surface area contributed by atoms with Crippen molar-refractivity contribution >= 4 is 57.5 Å². The van der Waals surface area contributed by atoms with Crippen LogP contribution in [-0.2, 0) is 28.8 Å². The van der Waals surface area contributed by atoms with Crippen molar-refractivity contribution in [1.82, 2.24) is 60.8 Å².